The van der Waals surface area contributed by atoms with E-state index in [9.17, 15) is 0 Å². The highest BCUT2D eigenvalue weighted by molar-refractivity contribution is 5.95. The zero-order chi connectivity index (χ0) is 17.3. The highest BCUT2D eigenvalue weighted by Gasteiger charge is 2.52. The van der Waals surface area contributed by atoms with Crippen LogP contribution in [0.2, 0.25) is 0 Å². The summed E-state index contributed by atoms with van der Waals surface area (Å²) in [6.07, 6.45) is 7.06. The van der Waals surface area contributed by atoms with Crippen LogP contribution in [-0.2, 0) is 5.41 Å². The van der Waals surface area contributed by atoms with Gasteiger partial charge >= 0.3 is 0 Å². The molecule has 1 unspecified atom stereocenters. The van der Waals surface area contributed by atoms with Crippen LogP contribution in [0.25, 0.3) is 16.7 Å². The molecule has 0 saturated heterocycles. The first-order valence-electron chi connectivity index (χ1n) is 9.53. The summed E-state index contributed by atoms with van der Waals surface area (Å²) in [4.78, 5) is 0. The van der Waals surface area contributed by atoms with Gasteiger partial charge in [0.25, 0.3) is 0 Å². The minimum Gasteiger partial charge on any atom is -0.0839 e. The average Bonchev–Trinajstić information content (AvgIpc) is 3.15. The number of hydrogen-bond acceptors (Lipinski definition) is 0. The van der Waals surface area contributed by atoms with Gasteiger partial charge in [0.2, 0.25) is 0 Å². The lowest BCUT2D eigenvalue weighted by molar-refractivity contribution is 0.780. The van der Waals surface area contributed by atoms with Crippen molar-refractivity contribution in [2.75, 3.05) is 0 Å². The van der Waals surface area contributed by atoms with Crippen molar-refractivity contribution < 1.29 is 0 Å². The van der Waals surface area contributed by atoms with Gasteiger partial charge in [-0.1, -0.05) is 84.4 Å². The summed E-state index contributed by atoms with van der Waals surface area (Å²) in [6.45, 7) is 2.20. The van der Waals surface area contributed by atoms with Crippen molar-refractivity contribution in [1.29, 1.82) is 0 Å². The molecule has 124 valence electrons. The third-order valence-electron chi connectivity index (χ3n) is 6.43. The highest BCUT2D eigenvalue weighted by Crippen LogP contribution is 2.63. The SMILES string of the molecule is Cc1ccc2c(c1)-c1ccccc1C21C2=C(CCC=C2)c2ccccc21. The van der Waals surface area contributed by atoms with Crippen LogP contribution in [-0.4, -0.2) is 0 Å². The summed E-state index contributed by atoms with van der Waals surface area (Å²) in [5, 5.41) is 0. The smallest absolute Gasteiger partial charge is 0.0722 e. The first-order valence-corrected chi connectivity index (χ1v) is 9.53. The van der Waals surface area contributed by atoms with Crippen LogP contribution in [0.3, 0.4) is 0 Å². The van der Waals surface area contributed by atoms with Gasteiger partial charge in [0.15, 0.2) is 0 Å². The second-order valence-corrected chi connectivity index (χ2v) is 7.72. The fourth-order valence-electron chi connectivity index (χ4n) is 5.49. The van der Waals surface area contributed by atoms with E-state index in [1.807, 2.05) is 0 Å². The van der Waals surface area contributed by atoms with Gasteiger partial charge in [0, 0.05) is 0 Å². The molecule has 3 aromatic rings. The van der Waals surface area contributed by atoms with Crippen LogP contribution in [0.15, 0.2) is 84.5 Å². The number of fused-ring (bicyclic) bond motifs is 9. The van der Waals surface area contributed by atoms with Gasteiger partial charge in [-0.25, -0.2) is 0 Å². The van der Waals surface area contributed by atoms with Crippen molar-refractivity contribution in [2.24, 2.45) is 0 Å². The predicted octanol–water partition coefficient (Wildman–Crippen LogP) is 6.43. The Kier molecular flexibility index (Phi) is 2.68. The van der Waals surface area contributed by atoms with Gasteiger partial charge in [-0.2, -0.15) is 0 Å². The summed E-state index contributed by atoms with van der Waals surface area (Å²) in [6, 6.07) is 25.1. The summed E-state index contributed by atoms with van der Waals surface area (Å²) < 4.78 is 0. The molecule has 3 aromatic carbocycles. The number of benzene rings is 3. The fraction of sp³-hybridized carbons (Fsp3) is 0.154. The Morgan fingerprint density at radius 1 is 0.731 bits per heavy atom. The topological polar surface area (TPSA) is 0 Å². The molecular weight excluding hydrogens is 312 g/mol. The maximum absolute atomic E-state index is 2.41. The van der Waals surface area contributed by atoms with Crippen molar-refractivity contribution in [3.8, 4) is 11.1 Å². The van der Waals surface area contributed by atoms with Crippen molar-refractivity contribution in [3.05, 3.63) is 112 Å². The van der Waals surface area contributed by atoms with Crippen molar-refractivity contribution in [3.63, 3.8) is 0 Å². The number of hydrogen-bond donors (Lipinski definition) is 0. The largest absolute Gasteiger partial charge is 0.0839 e. The monoisotopic (exact) mass is 332 g/mol. The molecule has 1 atom stereocenters. The summed E-state index contributed by atoms with van der Waals surface area (Å²) >= 11 is 0. The molecule has 0 saturated carbocycles. The molecule has 0 heterocycles. The molecular formula is C26H20. The lowest BCUT2D eigenvalue weighted by atomic mass is 9.69. The van der Waals surface area contributed by atoms with E-state index in [4.69, 9.17) is 0 Å². The molecule has 0 radical (unpaired) electrons. The molecule has 0 bridgehead atoms. The number of rotatable bonds is 0. The molecule has 0 nitrogen and oxygen atoms in total. The Hall–Kier alpha value is -2.86. The summed E-state index contributed by atoms with van der Waals surface area (Å²) in [5.74, 6) is 0. The lowest BCUT2D eigenvalue weighted by Gasteiger charge is -2.32. The Bertz CT molecular complexity index is 1140. The van der Waals surface area contributed by atoms with Crippen molar-refractivity contribution in [1.82, 2.24) is 0 Å². The Balaban J connectivity index is 1.83. The minimum atomic E-state index is -0.136. The van der Waals surface area contributed by atoms with Crippen LogP contribution < -0.4 is 0 Å². The normalized spacial score (nSPS) is 21.6. The van der Waals surface area contributed by atoms with Gasteiger partial charge in [0.1, 0.15) is 0 Å². The van der Waals surface area contributed by atoms with E-state index in [1.165, 1.54) is 44.5 Å². The van der Waals surface area contributed by atoms with Crippen LogP contribution in [0.4, 0.5) is 0 Å². The highest BCUT2D eigenvalue weighted by atomic mass is 14.5. The van der Waals surface area contributed by atoms with E-state index in [-0.39, 0.29) is 5.41 Å². The van der Waals surface area contributed by atoms with E-state index < -0.39 is 0 Å². The average molecular weight is 332 g/mol. The van der Waals surface area contributed by atoms with Crippen LogP contribution in [0, 0.1) is 6.92 Å². The molecule has 0 amide bonds. The Morgan fingerprint density at radius 2 is 1.42 bits per heavy atom. The molecule has 0 aromatic heterocycles. The Labute approximate surface area is 154 Å². The third-order valence-corrected chi connectivity index (χ3v) is 6.43. The van der Waals surface area contributed by atoms with E-state index >= 15 is 0 Å². The predicted molar refractivity (Wildman–Crippen MR) is 108 cm³/mol. The first-order chi connectivity index (χ1) is 12.8. The molecule has 0 heteroatoms. The maximum Gasteiger partial charge on any atom is 0.0722 e. The molecule has 26 heavy (non-hydrogen) atoms. The van der Waals surface area contributed by atoms with Gasteiger partial charge < -0.3 is 0 Å². The molecule has 6 rings (SSSR count). The summed E-state index contributed by atoms with van der Waals surface area (Å²) in [5.41, 5.74) is 12.9. The standard InChI is InChI=1S/C26H20/c1-17-14-15-25-21(16-17)20-10-4-7-13-24(20)26(25)22-11-5-2-8-18(22)19-9-3-6-12-23(19)26/h2,4-8,10-16H,3,9H2,1H3. The second kappa shape index (κ2) is 4.86. The van der Waals surface area contributed by atoms with Crippen molar-refractivity contribution in [2.45, 2.75) is 25.2 Å². The van der Waals surface area contributed by atoms with E-state index in [0.717, 1.165) is 12.8 Å². The molecule has 0 fully saturated rings. The van der Waals surface area contributed by atoms with Gasteiger partial charge in [0.05, 0.1) is 5.41 Å². The molecule has 0 aliphatic heterocycles. The van der Waals surface area contributed by atoms with E-state index in [2.05, 4.69) is 85.8 Å². The molecule has 0 N–H and O–H groups in total. The van der Waals surface area contributed by atoms with Crippen LogP contribution in [0.1, 0.15) is 40.7 Å². The number of allylic oxidation sites excluding steroid dienone is 4. The zero-order valence-corrected chi connectivity index (χ0v) is 14.9. The van der Waals surface area contributed by atoms with Crippen molar-refractivity contribution >= 4 is 5.57 Å². The quantitative estimate of drug-likeness (QED) is 0.445. The Morgan fingerprint density at radius 3 is 2.27 bits per heavy atom. The lowest BCUT2D eigenvalue weighted by Crippen LogP contribution is -2.27. The fourth-order valence-corrected chi connectivity index (χ4v) is 5.49. The van der Waals surface area contributed by atoms with Gasteiger partial charge in [-0.3, -0.25) is 0 Å². The number of aryl methyl sites for hydroxylation is 1. The van der Waals surface area contributed by atoms with E-state index in [0.29, 0.717) is 0 Å². The van der Waals surface area contributed by atoms with Gasteiger partial charge in [-0.05, 0) is 64.3 Å². The summed E-state index contributed by atoms with van der Waals surface area (Å²) in [7, 11) is 0. The first kappa shape index (κ1) is 14.3. The zero-order valence-electron chi connectivity index (χ0n) is 14.9. The molecule has 3 aliphatic rings. The van der Waals surface area contributed by atoms with Crippen LogP contribution in [0.5, 0.6) is 0 Å². The van der Waals surface area contributed by atoms with E-state index in [1.54, 1.807) is 5.57 Å². The second-order valence-electron chi connectivity index (χ2n) is 7.72. The molecule has 3 aliphatic carbocycles. The van der Waals surface area contributed by atoms with Gasteiger partial charge in [-0.15, -0.1) is 0 Å². The maximum atomic E-state index is 2.41. The van der Waals surface area contributed by atoms with Crippen LogP contribution >= 0.6 is 0 Å². The minimum absolute atomic E-state index is 0.136. The molecule has 1 spiro atoms. The third kappa shape index (κ3) is 1.52.